The quantitative estimate of drug-likeness (QED) is 0.751. The normalized spacial score (nSPS) is 15.3. The van der Waals surface area contributed by atoms with Gasteiger partial charge in [-0.25, -0.2) is 4.98 Å². The highest BCUT2D eigenvalue weighted by Crippen LogP contribution is 2.14. The predicted molar refractivity (Wildman–Crippen MR) is 106 cm³/mol. The zero-order chi connectivity index (χ0) is 19.2. The zero-order valence-electron chi connectivity index (χ0n) is 16.6. The molecule has 1 aliphatic heterocycles. The third kappa shape index (κ3) is 5.10. The monoisotopic (exact) mass is 370 g/mol. The molecule has 27 heavy (non-hydrogen) atoms. The molecule has 3 rings (SSSR count). The van der Waals surface area contributed by atoms with Crippen molar-refractivity contribution >= 4 is 5.91 Å². The minimum Gasteiger partial charge on any atom is -0.497 e. The number of carbonyl (C=O) groups excluding carboxylic acids is 1. The first-order chi connectivity index (χ1) is 13.1. The Morgan fingerprint density at radius 1 is 1.11 bits per heavy atom. The molecule has 0 atom stereocenters. The van der Waals surface area contributed by atoms with Gasteiger partial charge >= 0.3 is 0 Å². The highest BCUT2D eigenvalue weighted by molar-refractivity contribution is 5.78. The standard InChI is InChI=1S/C21H30N4O2/c1-17(2)21-22-8-9-25(21)15-12-23-10-13-24(14-11-23)20(26)16-18-4-6-19(27-3)7-5-18/h4-9,17H,10-16H2,1-3H3. The fourth-order valence-electron chi connectivity index (χ4n) is 3.51. The average molecular weight is 370 g/mol. The highest BCUT2D eigenvalue weighted by atomic mass is 16.5. The van der Waals surface area contributed by atoms with E-state index in [9.17, 15) is 4.79 Å². The zero-order valence-corrected chi connectivity index (χ0v) is 16.6. The van der Waals surface area contributed by atoms with Crippen molar-refractivity contribution in [3.05, 3.63) is 48.0 Å². The van der Waals surface area contributed by atoms with Crippen LogP contribution in [0.5, 0.6) is 5.75 Å². The smallest absolute Gasteiger partial charge is 0.227 e. The van der Waals surface area contributed by atoms with E-state index in [-0.39, 0.29) is 5.91 Å². The number of benzene rings is 1. The number of hydrogen-bond donors (Lipinski definition) is 0. The Kier molecular flexibility index (Phi) is 6.50. The van der Waals surface area contributed by atoms with E-state index < -0.39 is 0 Å². The van der Waals surface area contributed by atoms with Gasteiger partial charge in [0.1, 0.15) is 11.6 Å². The van der Waals surface area contributed by atoms with E-state index in [0.29, 0.717) is 12.3 Å². The molecule has 6 heteroatoms. The van der Waals surface area contributed by atoms with Crippen molar-refractivity contribution in [2.24, 2.45) is 0 Å². The van der Waals surface area contributed by atoms with Crippen molar-refractivity contribution in [1.82, 2.24) is 19.4 Å². The molecular formula is C21H30N4O2. The number of aromatic nitrogens is 2. The Balaban J connectivity index is 1.44. The summed E-state index contributed by atoms with van der Waals surface area (Å²) < 4.78 is 7.41. The summed E-state index contributed by atoms with van der Waals surface area (Å²) in [6.45, 7) is 9.76. The fraction of sp³-hybridized carbons (Fsp3) is 0.524. The van der Waals surface area contributed by atoms with Crippen LogP contribution < -0.4 is 4.74 Å². The maximum Gasteiger partial charge on any atom is 0.227 e. The molecule has 0 spiro atoms. The molecule has 1 aromatic carbocycles. The lowest BCUT2D eigenvalue weighted by atomic mass is 10.1. The Labute approximate surface area is 161 Å². The third-order valence-corrected chi connectivity index (χ3v) is 5.16. The second-order valence-corrected chi connectivity index (χ2v) is 7.38. The summed E-state index contributed by atoms with van der Waals surface area (Å²) in [4.78, 5) is 21.4. The summed E-state index contributed by atoms with van der Waals surface area (Å²) >= 11 is 0. The van der Waals surface area contributed by atoms with Crippen molar-refractivity contribution in [3.63, 3.8) is 0 Å². The number of ether oxygens (including phenoxy) is 1. The van der Waals surface area contributed by atoms with E-state index >= 15 is 0 Å². The van der Waals surface area contributed by atoms with Gasteiger partial charge in [-0.2, -0.15) is 0 Å². The largest absolute Gasteiger partial charge is 0.497 e. The molecule has 0 aliphatic carbocycles. The second-order valence-electron chi connectivity index (χ2n) is 7.38. The van der Waals surface area contributed by atoms with Crippen LogP contribution in [0.4, 0.5) is 0 Å². The van der Waals surface area contributed by atoms with E-state index in [1.54, 1.807) is 7.11 Å². The van der Waals surface area contributed by atoms with Gasteiger partial charge in [0.2, 0.25) is 5.91 Å². The molecule has 6 nitrogen and oxygen atoms in total. The molecule has 0 saturated carbocycles. The number of amides is 1. The van der Waals surface area contributed by atoms with E-state index in [0.717, 1.165) is 56.4 Å². The van der Waals surface area contributed by atoms with Crippen molar-refractivity contribution in [3.8, 4) is 5.75 Å². The third-order valence-electron chi connectivity index (χ3n) is 5.16. The van der Waals surface area contributed by atoms with Crippen molar-refractivity contribution in [1.29, 1.82) is 0 Å². The number of methoxy groups -OCH3 is 1. The Morgan fingerprint density at radius 3 is 2.44 bits per heavy atom. The van der Waals surface area contributed by atoms with E-state index in [2.05, 4.69) is 34.5 Å². The summed E-state index contributed by atoms with van der Waals surface area (Å²) in [5, 5.41) is 0. The van der Waals surface area contributed by atoms with Gasteiger partial charge in [-0.3, -0.25) is 9.69 Å². The Bertz CT molecular complexity index is 731. The van der Waals surface area contributed by atoms with Crippen LogP contribution in [-0.4, -0.2) is 65.1 Å². The van der Waals surface area contributed by atoms with Crippen LogP contribution in [0.3, 0.4) is 0 Å². The van der Waals surface area contributed by atoms with Crippen LogP contribution in [0.25, 0.3) is 0 Å². The predicted octanol–water partition coefficient (Wildman–Crippen LogP) is 2.40. The van der Waals surface area contributed by atoms with Gasteiger partial charge in [0.05, 0.1) is 13.5 Å². The van der Waals surface area contributed by atoms with Gasteiger partial charge in [-0.15, -0.1) is 0 Å². The Morgan fingerprint density at radius 2 is 1.81 bits per heavy atom. The molecule has 1 aromatic heterocycles. The lowest BCUT2D eigenvalue weighted by molar-refractivity contribution is -0.132. The van der Waals surface area contributed by atoms with Crippen molar-refractivity contribution in [2.45, 2.75) is 32.7 Å². The second kappa shape index (κ2) is 9.04. The van der Waals surface area contributed by atoms with Gasteiger partial charge in [0.25, 0.3) is 0 Å². The van der Waals surface area contributed by atoms with Crippen LogP contribution in [0.2, 0.25) is 0 Å². The number of piperazine rings is 1. The molecule has 0 N–H and O–H groups in total. The minimum absolute atomic E-state index is 0.205. The molecule has 1 fully saturated rings. The summed E-state index contributed by atoms with van der Waals surface area (Å²) in [7, 11) is 1.65. The van der Waals surface area contributed by atoms with E-state index in [1.165, 1.54) is 0 Å². The van der Waals surface area contributed by atoms with Crippen molar-refractivity contribution in [2.75, 3.05) is 39.8 Å². The number of carbonyl (C=O) groups is 1. The van der Waals surface area contributed by atoms with Gasteiger partial charge in [-0.05, 0) is 17.7 Å². The molecule has 1 amide bonds. The van der Waals surface area contributed by atoms with Gasteiger partial charge < -0.3 is 14.2 Å². The first-order valence-corrected chi connectivity index (χ1v) is 9.71. The fourth-order valence-corrected chi connectivity index (χ4v) is 3.51. The molecule has 0 radical (unpaired) electrons. The molecule has 1 saturated heterocycles. The van der Waals surface area contributed by atoms with Gasteiger partial charge in [0.15, 0.2) is 0 Å². The minimum atomic E-state index is 0.205. The number of imidazole rings is 1. The summed E-state index contributed by atoms with van der Waals surface area (Å²) in [5.41, 5.74) is 1.03. The first-order valence-electron chi connectivity index (χ1n) is 9.71. The highest BCUT2D eigenvalue weighted by Gasteiger charge is 2.21. The van der Waals surface area contributed by atoms with Crippen molar-refractivity contribution < 1.29 is 9.53 Å². The van der Waals surface area contributed by atoms with Crippen LogP contribution in [0.1, 0.15) is 31.2 Å². The van der Waals surface area contributed by atoms with E-state index in [1.807, 2.05) is 35.4 Å². The van der Waals surface area contributed by atoms with Crippen LogP contribution in [-0.2, 0) is 17.8 Å². The lowest BCUT2D eigenvalue weighted by Gasteiger charge is -2.35. The number of nitrogens with zero attached hydrogens (tertiary/aromatic N) is 4. The molecular weight excluding hydrogens is 340 g/mol. The van der Waals surface area contributed by atoms with Gasteiger partial charge in [-0.1, -0.05) is 26.0 Å². The van der Waals surface area contributed by atoms with Crippen LogP contribution in [0.15, 0.2) is 36.7 Å². The summed E-state index contributed by atoms with van der Waals surface area (Å²) in [5.74, 6) is 2.60. The molecule has 2 heterocycles. The van der Waals surface area contributed by atoms with Crippen LogP contribution in [0, 0.1) is 0 Å². The maximum atomic E-state index is 12.6. The maximum absolute atomic E-state index is 12.6. The Hall–Kier alpha value is -2.34. The lowest BCUT2D eigenvalue weighted by Crippen LogP contribution is -2.49. The number of rotatable bonds is 7. The van der Waals surface area contributed by atoms with Crippen LogP contribution >= 0.6 is 0 Å². The molecule has 146 valence electrons. The van der Waals surface area contributed by atoms with Gasteiger partial charge in [0, 0.05) is 57.6 Å². The molecule has 2 aromatic rings. The average Bonchev–Trinajstić information content (AvgIpc) is 3.16. The summed E-state index contributed by atoms with van der Waals surface area (Å²) in [6.07, 6.45) is 4.39. The molecule has 0 unspecified atom stereocenters. The number of hydrogen-bond acceptors (Lipinski definition) is 4. The molecule has 0 bridgehead atoms. The summed E-state index contributed by atoms with van der Waals surface area (Å²) in [6, 6.07) is 7.74. The topological polar surface area (TPSA) is 50.6 Å². The van der Waals surface area contributed by atoms with E-state index in [4.69, 9.17) is 4.74 Å². The SMILES string of the molecule is COc1ccc(CC(=O)N2CCN(CCn3ccnc3C(C)C)CC2)cc1. The first kappa shape index (κ1) is 19.4. The molecule has 1 aliphatic rings.